The zero-order chi connectivity index (χ0) is 7.78. The lowest BCUT2D eigenvalue weighted by Crippen LogP contribution is -2.37. The Balaban J connectivity index is 2.77. The number of halogens is 1. The first kappa shape index (κ1) is 8.39. The van der Waals surface area contributed by atoms with E-state index in [-0.39, 0.29) is 2.75 Å². The first-order valence-electron chi connectivity index (χ1n) is 2.78. The summed E-state index contributed by atoms with van der Waals surface area (Å²) in [6, 6.07) is 0. The van der Waals surface area contributed by atoms with Gasteiger partial charge in [-0.05, 0) is 12.3 Å². The van der Waals surface area contributed by atoms with Gasteiger partial charge >= 0.3 is 0 Å². The SMILES string of the molecule is CC1(I)SC=CC1C(=O)[O-]. The molecule has 2 nitrogen and oxygen atoms in total. The highest BCUT2D eigenvalue weighted by atomic mass is 127. The number of carboxylic acid groups (broad SMARTS) is 1. The third-order valence-corrected chi connectivity index (χ3v) is 3.82. The fourth-order valence-corrected chi connectivity index (χ4v) is 2.51. The van der Waals surface area contributed by atoms with Gasteiger partial charge in [0.2, 0.25) is 0 Å². The number of hydrogen-bond donors (Lipinski definition) is 0. The Morgan fingerprint density at radius 1 is 1.90 bits per heavy atom. The normalized spacial score (nSPS) is 38.4. The van der Waals surface area contributed by atoms with Crippen molar-refractivity contribution in [3.63, 3.8) is 0 Å². The molecule has 0 aromatic rings. The van der Waals surface area contributed by atoms with Crippen molar-refractivity contribution in [2.24, 2.45) is 5.92 Å². The van der Waals surface area contributed by atoms with E-state index >= 15 is 0 Å². The van der Waals surface area contributed by atoms with E-state index < -0.39 is 11.9 Å². The molecule has 0 aliphatic carbocycles. The summed E-state index contributed by atoms with van der Waals surface area (Å²) in [6.45, 7) is 1.89. The van der Waals surface area contributed by atoms with Gasteiger partial charge in [0.1, 0.15) is 0 Å². The molecule has 0 spiro atoms. The van der Waals surface area contributed by atoms with Gasteiger partial charge in [-0.2, -0.15) is 0 Å². The van der Waals surface area contributed by atoms with E-state index in [4.69, 9.17) is 0 Å². The standard InChI is InChI=1S/C6H7IO2S/c1-6(7)4(5(8)9)2-3-10-6/h2-4H,1H3,(H,8,9)/p-1. The smallest absolute Gasteiger partial charge is 0.0800 e. The zero-order valence-corrected chi connectivity index (χ0v) is 8.31. The van der Waals surface area contributed by atoms with Crippen LogP contribution in [0.25, 0.3) is 0 Å². The fourth-order valence-electron chi connectivity index (χ4n) is 0.785. The van der Waals surface area contributed by atoms with Crippen molar-refractivity contribution < 1.29 is 9.90 Å². The summed E-state index contributed by atoms with van der Waals surface area (Å²) in [6.07, 6.45) is 1.67. The molecule has 0 aromatic carbocycles. The van der Waals surface area contributed by atoms with Gasteiger partial charge in [0.15, 0.2) is 0 Å². The van der Waals surface area contributed by atoms with Gasteiger partial charge in [-0.1, -0.05) is 28.7 Å². The van der Waals surface area contributed by atoms with Gasteiger partial charge in [-0.3, -0.25) is 0 Å². The summed E-state index contributed by atoms with van der Waals surface area (Å²) in [5.74, 6) is -1.43. The van der Waals surface area contributed by atoms with Crippen LogP contribution in [0.2, 0.25) is 0 Å². The van der Waals surface area contributed by atoms with E-state index in [1.165, 1.54) is 11.8 Å². The molecule has 4 heteroatoms. The second-order valence-electron chi connectivity index (χ2n) is 2.23. The summed E-state index contributed by atoms with van der Waals surface area (Å²) in [4.78, 5) is 10.4. The number of carboxylic acids is 1. The highest BCUT2D eigenvalue weighted by molar-refractivity contribution is 14.1. The average Bonchev–Trinajstić information content (AvgIpc) is 2.08. The zero-order valence-electron chi connectivity index (χ0n) is 5.33. The van der Waals surface area contributed by atoms with Gasteiger partial charge in [0.25, 0.3) is 0 Å². The van der Waals surface area contributed by atoms with Gasteiger partial charge in [-0.25, -0.2) is 0 Å². The average molecular weight is 269 g/mol. The minimum atomic E-state index is -0.988. The van der Waals surface area contributed by atoms with Crippen LogP contribution in [0.15, 0.2) is 11.5 Å². The molecule has 0 fully saturated rings. The third kappa shape index (κ3) is 1.47. The third-order valence-electron chi connectivity index (χ3n) is 1.38. The van der Waals surface area contributed by atoms with E-state index in [0.717, 1.165) is 0 Å². The molecule has 1 aliphatic heterocycles. The number of rotatable bonds is 1. The molecule has 0 saturated carbocycles. The number of aliphatic carboxylic acids is 1. The van der Waals surface area contributed by atoms with E-state index in [1.54, 1.807) is 6.08 Å². The van der Waals surface area contributed by atoms with Crippen LogP contribution in [0, 0.1) is 5.92 Å². The Hall–Kier alpha value is 0.290. The minimum Gasteiger partial charge on any atom is -0.549 e. The predicted octanol–water partition coefficient (Wildman–Crippen LogP) is 0.764. The fraction of sp³-hybridized carbons (Fsp3) is 0.500. The molecule has 0 N–H and O–H groups in total. The molecule has 2 atom stereocenters. The lowest BCUT2D eigenvalue weighted by atomic mass is 10.1. The number of alkyl halides is 1. The van der Waals surface area contributed by atoms with Gasteiger partial charge in [0, 0.05) is 5.92 Å². The summed E-state index contributed by atoms with van der Waals surface area (Å²) in [5, 5.41) is 12.2. The molecule has 0 bridgehead atoms. The molecular weight excluding hydrogens is 263 g/mol. The Kier molecular flexibility index (Phi) is 2.29. The molecule has 0 radical (unpaired) electrons. The second-order valence-corrected chi connectivity index (χ2v) is 6.56. The monoisotopic (exact) mass is 269 g/mol. The van der Waals surface area contributed by atoms with Crippen molar-refractivity contribution in [2.45, 2.75) is 9.68 Å². The van der Waals surface area contributed by atoms with Crippen LogP contribution < -0.4 is 5.11 Å². The number of carbonyl (C=O) groups excluding carboxylic acids is 1. The topological polar surface area (TPSA) is 40.1 Å². The van der Waals surface area contributed by atoms with Crippen molar-refractivity contribution in [2.75, 3.05) is 0 Å². The number of thioether (sulfide) groups is 1. The van der Waals surface area contributed by atoms with Crippen LogP contribution >= 0.6 is 34.4 Å². The molecule has 0 saturated heterocycles. The van der Waals surface area contributed by atoms with Crippen molar-refractivity contribution in [1.29, 1.82) is 0 Å². The summed E-state index contributed by atoms with van der Waals surface area (Å²) in [7, 11) is 0. The largest absolute Gasteiger partial charge is 0.549 e. The Labute approximate surface area is 77.2 Å². The molecule has 1 heterocycles. The Morgan fingerprint density at radius 2 is 2.50 bits per heavy atom. The van der Waals surface area contributed by atoms with E-state index in [2.05, 4.69) is 22.6 Å². The van der Waals surface area contributed by atoms with Crippen molar-refractivity contribution in [3.8, 4) is 0 Å². The van der Waals surface area contributed by atoms with Crippen molar-refractivity contribution in [3.05, 3.63) is 11.5 Å². The van der Waals surface area contributed by atoms with Crippen molar-refractivity contribution in [1.82, 2.24) is 0 Å². The first-order valence-corrected chi connectivity index (χ1v) is 4.74. The van der Waals surface area contributed by atoms with Crippen LogP contribution in [-0.2, 0) is 4.79 Å². The van der Waals surface area contributed by atoms with E-state index in [9.17, 15) is 9.90 Å². The van der Waals surface area contributed by atoms with Crippen LogP contribution in [0.4, 0.5) is 0 Å². The molecule has 10 heavy (non-hydrogen) atoms. The molecule has 2 unspecified atom stereocenters. The maximum atomic E-state index is 10.4. The molecule has 56 valence electrons. The Morgan fingerprint density at radius 3 is 2.70 bits per heavy atom. The maximum Gasteiger partial charge on any atom is 0.0800 e. The Bertz CT molecular complexity index is 188. The van der Waals surface area contributed by atoms with Gasteiger partial charge in [-0.15, -0.1) is 11.8 Å². The number of hydrogen-bond acceptors (Lipinski definition) is 3. The second kappa shape index (κ2) is 2.73. The highest BCUT2D eigenvalue weighted by Gasteiger charge is 2.34. The number of carbonyl (C=O) groups is 1. The summed E-state index contributed by atoms with van der Waals surface area (Å²) in [5.41, 5.74) is 0. The maximum absolute atomic E-state index is 10.4. The summed E-state index contributed by atoms with van der Waals surface area (Å²) < 4.78 is -0.253. The van der Waals surface area contributed by atoms with Crippen LogP contribution in [0.5, 0.6) is 0 Å². The predicted molar refractivity (Wildman–Crippen MR) is 47.7 cm³/mol. The van der Waals surface area contributed by atoms with Gasteiger partial charge < -0.3 is 9.90 Å². The lowest BCUT2D eigenvalue weighted by molar-refractivity contribution is -0.309. The molecular formula is C6H6IO2S-. The van der Waals surface area contributed by atoms with Crippen molar-refractivity contribution >= 4 is 40.3 Å². The van der Waals surface area contributed by atoms with Crippen LogP contribution in [0.1, 0.15) is 6.92 Å². The highest BCUT2D eigenvalue weighted by Crippen LogP contribution is 2.45. The molecule has 0 aromatic heterocycles. The lowest BCUT2D eigenvalue weighted by Gasteiger charge is -2.24. The molecule has 1 rings (SSSR count). The van der Waals surface area contributed by atoms with Gasteiger partial charge in [0.05, 0.1) is 8.72 Å². The van der Waals surface area contributed by atoms with Crippen LogP contribution in [0.3, 0.4) is 0 Å². The summed E-state index contributed by atoms with van der Waals surface area (Å²) >= 11 is 3.64. The first-order chi connectivity index (χ1) is 4.54. The quantitative estimate of drug-likeness (QED) is 0.521. The molecule has 0 amide bonds. The van der Waals surface area contributed by atoms with E-state index in [1.807, 2.05) is 12.3 Å². The minimum absolute atomic E-state index is 0.253. The van der Waals surface area contributed by atoms with E-state index in [0.29, 0.717) is 0 Å². The molecule has 1 aliphatic rings. The van der Waals surface area contributed by atoms with Crippen LogP contribution in [-0.4, -0.2) is 8.72 Å².